The summed E-state index contributed by atoms with van der Waals surface area (Å²) in [6.07, 6.45) is -3.59. The lowest BCUT2D eigenvalue weighted by atomic mass is 9.97. The van der Waals surface area contributed by atoms with E-state index in [9.17, 15) is 18.0 Å². The molecule has 0 fully saturated rings. The largest absolute Gasteiger partial charge is 0.416 e. The number of hydrogen-bond donors (Lipinski definition) is 1. The Balaban J connectivity index is 1.29. The summed E-state index contributed by atoms with van der Waals surface area (Å²) in [6, 6.07) is 23.1. The molecule has 4 aromatic carbocycles. The third kappa shape index (κ3) is 6.04. The molecule has 0 aromatic heterocycles. The molecule has 0 spiro atoms. The van der Waals surface area contributed by atoms with Crippen LogP contribution in [0.2, 0.25) is 10.0 Å². The fraction of sp³-hybridized carbons (Fsp3) is 0.167. The van der Waals surface area contributed by atoms with Gasteiger partial charge in [-0.25, -0.2) is 0 Å². The normalized spacial score (nSPS) is 13.7. The molecule has 38 heavy (non-hydrogen) atoms. The molecule has 0 saturated carbocycles. The van der Waals surface area contributed by atoms with Gasteiger partial charge in [0.05, 0.1) is 5.56 Å². The molecular formula is C30H23Cl2F3N2O. The third-order valence-electron chi connectivity index (χ3n) is 6.58. The van der Waals surface area contributed by atoms with Gasteiger partial charge in [-0.05, 0) is 82.8 Å². The highest BCUT2D eigenvalue weighted by atomic mass is 35.5. The SMILES string of the molecule is O=C(Nc1ccc2c(c1)CCN(Cc1cc(Cl)cc(Cl)c1)C2)c1ccccc1-c1ccc(C(F)(F)F)cc1. The topological polar surface area (TPSA) is 32.3 Å². The molecule has 194 valence electrons. The van der Waals surface area contributed by atoms with Gasteiger partial charge in [-0.3, -0.25) is 9.69 Å². The van der Waals surface area contributed by atoms with Gasteiger partial charge in [-0.2, -0.15) is 13.2 Å². The molecule has 0 aliphatic carbocycles. The maximum absolute atomic E-state index is 13.2. The Hall–Kier alpha value is -3.32. The van der Waals surface area contributed by atoms with Gasteiger partial charge in [-0.1, -0.05) is 59.6 Å². The molecule has 1 N–H and O–H groups in total. The Morgan fingerprint density at radius 2 is 1.58 bits per heavy atom. The van der Waals surface area contributed by atoms with Crippen LogP contribution in [0.4, 0.5) is 18.9 Å². The first-order valence-corrected chi connectivity index (χ1v) is 12.8. The van der Waals surface area contributed by atoms with Gasteiger partial charge in [0.1, 0.15) is 0 Å². The number of rotatable bonds is 5. The zero-order chi connectivity index (χ0) is 26.9. The van der Waals surface area contributed by atoms with Crippen LogP contribution in [0.1, 0.15) is 32.6 Å². The van der Waals surface area contributed by atoms with Crippen molar-refractivity contribution in [1.82, 2.24) is 4.90 Å². The molecular weight excluding hydrogens is 532 g/mol. The van der Waals surface area contributed by atoms with Crippen LogP contribution in [0.5, 0.6) is 0 Å². The van der Waals surface area contributed by atoms with Gasteiger partial charge in [0, 0.05) is 40.9 Å². The van der Waals surface area contributed by atoms with E-state index in [-0.39, 0.29) is 5.91 Å². The number of nitrogens with zero attached hydrogens (tertiary/aromatic N) is 1. The lowest BCUT2D eigenvalue weighted by Crippen LogP contribution is -2.30. The standard InChI is InChI=1S/C30H23Cl2F3N2O/c31-24-13-19(14-25(32)16-24)17-37-12-11-21-15-26(10-7-22(21)18-37)36-29(38)28-4-2-1-3-27(28)20-5-8-23(9-6-20)30(33,34)35/h1-10,13-16H,11-12,17-18H2,(H,36,38). The van der Waals surface area contributed by atoms with Gasteiger partial charge in [0.2, 0.25) is 0 Å². The zero-order valence-corrected chi connectivity index (χ0v) is 21.7. The summed E-state index contributed by atoms with van der Waals surface area (Å²) in [4.78, 5) is 15.5. The molecule has 0 saturated heterocycles. The van der Waals surface area contributed by atoms with Crippen LogP contribution in [-0.4, -0.2) is 17.4 Å². The third-order valence-corrected chi connectivity index (χ3v) is 7.02. The summed E-state index contributed by atoms with van der Waals surface area (Å²) in [5.74, 6) is -0.323. The van der Waals surface area contributed by atoms with Gasteiger partial charge in [0.15, 0.2) is 0 Å². The lowest BCUT2D eigenvalue weighted by molar-refractivity contribution is -0.137. The summed E-state index contributed by atoms with van der Waals surface area (Å²) < 4.78 is 38.9. The quantitative estimate of drug-likeness (QED) is 0.268. The average Bonchev–Trinajstić information content (AvgIpc) is 2.88. The first-order valence-electron chi connectivity index (χ1n) is 12.0. The highest BCUT2D eigenvalue weighted by molar-refractivity contribution is 6.34. The number of halogens is 5. The van der Waals surface area contributed by atoms with E-state index in [1.54, 1.807) is 30.3 Å². The maximum Gasteiger partial charge on any atom is 0.416 e. The molecule has 0 bridgehead atoms. The first-order chi connectivity index (χ1) is 18.2. The van der Waals surface area contributed by atoms with Crippen LogP contribution >= 0.6 is 23.2 Å². The Morgan fingerprint density at radius 1 is 0.868 bits per heavy atom. The van der Waals surface area contributed by atoms with Crippen molar-refractivity contribution in [3.8, 4) is 11.1 Å². The van der Waals surface area contributed by atoms with Crippen molar-refractivity contribution in [3.63, 3.8) is 0 Å². The molecule has 1 amide bonds. The number of hydrogen-bond acceptors (Lipinski definition) is 2. The van der Waals surface area contributed by atoms with Crippen molar-refractivity contribution in [3.05, 3.63) is 123 Å². The second kappa shape index (κ2) is 10.8. The highest BCUT2D eigenvalue weighted by Gasteiger charge is 2.30. The average molecular weight is 555 g/mol. The second-order valence-electron chi connectivity index (χ2n) is 9.30. The van der Waals surface area contributed by atoms with Gasteiger partial charge in [0.25, 0.3) is 5.91 Å². The molecule has 4 aromatic rings. The molecule has 3 nitrogen and oxygen atoms in total. The summed E-state index contributed by atoms with van der Waals surface area (Å²) >= 11 is 12.3. The lowest BCUT2D eigenvalue weighted by Gasteiger charge is -2.29. The summed E-state index contributed by atoms with van der Waals surface area (Å²) in [5.41, 5.74) is 4.84. The first kappa shape index (κ1) is 26.3. The van der Waals surface area contributed by atoms with E-state index in [1.807, 2.05) is 30.3 Å². The van der Waals surface area contributed by atoms with E-state index in [2.05, 4.69) is 10.2 Å². The number of alkyl halides is 3. The molecule has 1 aliphatic rings. The number of fused-ring (bicyclic) bond motifs is 1. The highest BCUT2D eigenvalue weighted by Crippen LogP contribution is 2.32. The number of amides is 1. The van der Waals surface area contributed by atoms with Gasteiger partial charge >= 0.3 is 6.18 Å². The predicted octanol–water partition coefficient (Wildman–Crippen LogP) is 8.49. The summed E-state index contributed by atoms with van der Waals surface area (Å²) in [5, 5.41) is 4.19. The number of nitrogens with one attached hydrogen (secondary N) is 1. The smallest absolute Gasteiger partial charge is 0.322 e. The Morgan fingerprint density at radius 3 is 2.29 bits per heavy atom. The van der Waals surface area contributed by atoms with Gasteiger partial charge in [-0.15, -0.1) is 0 Å². The summed E-state index contributed by atoms with van der Waals surface area (Å²) in [7, 11) is 0. The zero-order valence-electron chi connectivity index (χ0n) is 20.2. The van der Waals surface area contributed by atoms with Crippen molar-refractivity contribution in [2.24, 2.45) is 0 Å². The van der Waals surface area contributed by atoms with E-state index in [0.29, 0.717) is 32.4 Å². The van der Waals surface area contributed by atoms with Crippen LogP contribution in [0, 0.1) is 0 Å². The number of carbonyl (C=O) groups excluding carboxylic acids is 1. The van der Waals surface area contributed by atoms with Crippen molar-refractivity contribution >= 4 is 34.8 Å². The predicted molar refractivity (Wildman–Crippen MR) is 146 cm³/mol. The fourth-order valence-electron chi connectivity index (χ4n) is 4.75. The van der Waals surface area contributed by atoms with E-state index in [4.69, 9.17) is 23.2 Å². The number of anilines is 1. The van der Waals surface area contributed by atoms with Crippen molar-refractivity contribution in [2.75, 3.05) is 11.9 Å². The van der Waals surface area contributed by atoms with E-state index >= 15 is 0 Å². The molecule has 0 atom stereocenters. The molecule has 0 radical (unpaired) electrons. The number of benzene rings is 4. The van der Waals surface area contributed by atoms with Crippen molar-refractivity contribution in [1.29, 1.82) is 0 Å². The van der Waals surface area contributed by atoms with Crippen molar-refractivity contribution in [2.45, 2.75) is 25.7 Å². The second-order valence-corrected chi connectivity index (χ2v) is 10.2. The Labute approximate surface area is 228 Å². The van der Waals surface area contributed by atoms with Gasteiger partial charge < -0.3 is 5.32 Å². The number of carbonyl (C=O) groups is 1. The molecule has 1 aliphatic heterocycles. The molecule has 8 heteroatoms. The van der Waals surface area contributed by atoms with Crippen LogP contribution in [-0.2, 0) is 25.7 Å². The van der Waals surface area contributed by atoms with Crippen molar-refractivity contribution < 1.29 is 18.0 Å². The van der Waals surface area contributed by atoms with Crippen LogP contribution in [0.25, 0.3) is 11.1 Å². The minimum Gasteiger partial charge on any atom is -0.322 e. The van der Waals surface area contributed by atoms with Crippen LogP contribution in [0.15, 0.2) is 84.9 Å². The van der Waals surface area contributed by atoms with Crippen LogP contribution in [0.3, 0.4) is 0 Å². The monoisotopic (exact) mass is 554 g/mol. The van der Waals surface area contributed by atoms with E-state index in [0.717, 1.165) is 43.8 Å². The van der Waals surface area contributed by atoms with E-state index in [1.165, 1.54) is 23.3 Å². The maximum atomic E-state index is 13.2. The fourth-order valence-corrected chi connectivity index (χ4v) is 5.33. The summed E-state index contributed by atoms with van der Waals surface area (Å²) in [6.45, 7) is 2.36. The van der Waals surface area contributed by atoms with E-state index < -0.39 is 11.7 Å². The minimum absolute atomic E-state index is 0.323. The molecule has 0 unspecified atom stereocenters. The molecule has 1 heterocycles. The van der Waals surface area contributed by atoms with Crippen LogP contribution < -0.4 is 5.32 Å². The molecule has 5 rings (SSSR count). The minimum atomic E-state index is -4.41. The Kier molecular flexibility index (Phi) is 7.48. The Bertz CT molecular complexity index is 1470.